The van der Waals surface area contributed by atoms with Gasteiger partial charge < -0.3 is 14.7 Å². The highest BCUT2D eigenvalue weighted by Gasteiger charge is 2.04. The van der Waals surface area contributed by atoms with Crippen molar-refractivity contribution < 1.29 is 14.2 Å². The molecule has 0 atom stereocenters. The first-order valence-corrected chi connectivity index (χ1v) is 5.36. The lowest BCUT2D eigenvalue weighted by molar-refractivity contribution is 0.154. The lowest BCUT2D eigenvalue weighted by Gasteiger charge is -2.19. The predicted octanol–water partition coefficient (Wildman–Crippen LogP) is 1.79. The van der Waals surface area contributed by atoms with Gasteiger partial charge in [-0.15, -0.1) is 0 Å². The van der Waals surface area contributed by atoms with Crippen LogP contribution in [0.4, 0.5) is 10.1 Å². The summed E-state index contributed by atoms with van der Waals surface area (Å²) in [6.07, 6.45) is 0. The summed E-state index contributed by atoms with van der Waals surface area (Å²) in [5.41, 5.74) is 1.34. The standard InChI is InChI=1S/C12H18FNO2/c1-3-16-5-4-14(2)12-7-10(9-15)6-11(13)8-12/h6-8,15H,3-5,9H2,1-2H3. The molecule has 0 unspecified atom stereocenters. The first kappa shape index (κ1) is 12.9. The maximum Gasteiger partial charge on any atom is 0.125 e. The van der Waals surface area contributed by atoms with Gasteiger partial charge in [-0.2, -0.15) is 0 Å². The molecule has 90 valence electrons. The lowest BCUT2D eigenvalue weighted by atomic mass is 10.2. The van der Waals surface area contributed by atoms with Crippen LogP contribution in [0.5, 0.6) is 0 Å². The molecule has 0 fully saturated rings. The van der Waals surface area contributed by atoms with Crippen molar-refractivity contribution in [3.8, 4) is 0 Å². The van der Waals surface area contributed by atoms with E-state index in [-0.39, 0.29) is 12.4 Å². The van der Waals surface area contributed by atoms with Crippen molar-refractivity contribution in [2.45, 2.75) is 13.5 Å². The minimum absolute atomic E-state index is 0.149. The van der Waals surface area contributed by atoms with Crippen LogP contribution in [0.3, 0.4) is 0 Å². The number of benzene rings is 1. The molecule has 0 aliphatic rings. The van der Waals surface area contributed by atoms with E-state index < -0.39 is 0 Å². The van der Waals surface area contributed by atoms with E-state index in [0.29, 0.717) is 25.3 Å². The van der Waals surface area contributed by atoms with Crippen LogP contribution in [0.25, 0.3) is 0 Å². The van der Waals surface area contributed by atoms with Gasteiger partial charge in [-0.3, -0.25) is 0 Å². The van der Waals surface area contributed by atoms with E-state index in [1.807, 2.05) is 18.9 Å². The molecule has 0 radical (unpaired) electrons. The number of likely N-dealkylation sites (N-methyl/N-ethyl adjacent to an activating group) is 1. The summed E-state index contributed by atoms with van der Waals surface area (Å²) in [6.45, 7) is 3.77. The van der Waals surface area contributed by atoms with E-state index in [9.17, 15) is 4.39 Å². The van der Waals surface area contributed by atoms with Gasteiger partial charge in [0.05, 0.1) is 13.2 Å². The van der Waals surface area contributed by atoms with Gasteiger partial charge in [0.15, 0.2) is 0 Å². The van der Waals surface area contributed by atoms with Gasteiger partial charge in [0.25, 0.3) is 0 Å². The van der Waals surface area contributed by atoms with Crippen molar-refractivity contribution in [1.29, 1.82) is 0 Å². The Kier molecular flexibility index (Phi) is 5.22. The third-order valence-electron chi connectivity index (χ3n) is 2.34. The summed E-state index contributed by atoms with van der Waals surface area (Å²) >= 11 is 0. The van der Waals surface area contributed by atoms with Gasteiger partial charge in [0.1, 0.15) is 5.82 Å². The van der Waals surface area contributed by atoms with Gasteiger partial charge >= 0.3 is 0 Å². The van der Waals surface area contributed by atoms with Crippen molar-refractivity contribution in [2.75, 3.05) is 31.7 Å². The van der Waals surface area contributed by atoms with Gasteiger partial charge in [0, 0.05) is 25.9 Å². The first-order valence-electron chi connectivity index (χ1n) is 5.36. The number of hydrogen-bond donors (Lipinski definition) is 1. The number of nitrogens with zero attached hydrogens (tertiary/aromatic N) is 1. The molecule has 0 saturated heterocycles. The quantitative estimate of drug-likeness (QED) is 0.752. The van der Waals surface area contributed by atoms with Crippen LogP contribution in [0, 0.1) is 5.82 Å². The Morgan fingerprint density at radius 1 is 1.38 bits per heavy atom. The van der Waals surface area contributed by atoms with Crippen LogP contribution in [0.15, 0.2) is 18.2 Å². The molecule has 1 rings (SSSR count). The summed E-state index contributed by atoms with van der Waals surface area (Å²) in [7, 11) is 1.87. The smallest absolute Gasteiger partial charge is 0.125 e. The number of ether oxygens (including phenoxy) is 1. The topological polar surface area (TPSA) is 32.7 Å². The summed E-state index contributed by atoms with van der Waals surface area (Å²) in [4.78, 5) is 1.90. The molecule has 1 aromatic rings. The Bertz CT molecular complexity index is 331. The monoisotopic (exact) mass is 227 g/mol. The van der Waals surface area contributed by atoms with Crippen molar-refractivity contribution in [3.63, 3.8) is 0 Å². The van der Waals surface area contributed by atoms with Crippen molar-refractivity contribution in [1.82, 2.24) is 0 Å². The number of aliphatic hydroxyl groups is 1. The van der Waals surface area contributed by atoms with E-state index in [1.165, 1.54) is 12.1 Å². The lowest BCUT2D eigenvalue weighted by Crippen LogP contribution is -2.22. The van der Waals surface area contributed by atoms with Crippen LogP contribution in [0.1, 0.15) is 12.5 Å². The fraction of sp³-hybridized carbons (Fsp3) is 0.500. The van der Waals surface area contributed by atoms with E-state index in [4.69, 9.17) is 9.84 Å². The normalized spacial score (nSPS) is 10.5. The summed E-state index contributed by atoms with van der Waals surface area (Å²) in [5.74, 6) is -0.329. The summed E-state index contributed by atoms with van der Waals surface area (Å²) in [6, 6.07) is 4.56. The third-order valence-corrected chi connectivity index (χ3v) is 2.34. The Morgan fingerprint density at radius 2 is 2.12 bits per heavy atom. The molecule has 0 amide bonds. The van der Waals surface area contributed by atoms with Gasteiger partial charge in [-0.1, -0.05) is 0 Å². The molecule has 0 spiro atoms. The second-order valence-electron chi connectivity index (χ2n) is 3.59. The fourth-order valence-corrected chi connectivity index (χ4v) is 1.42. The Morgan fingerprint density at radius 3 is 2.75 bits per heavy atom. The second kappa shape index (κ2) is 6.45. The zero-order valence-corrected chi connectivity index (χ0v) is 9.74. The predicted molar refractivity (Wildman–Crippen MR) is 62.1 cm³/mol. The minimum Gasteiger partial charge on any atom is -0.392 e. The first-order chi connectivity index (χ1) is 7.67. The molecular weight excluding hydrogens is 209 g/mol. The van der Waals surface area contributed by atoms with E-state index in [0.717, 1.165) is 5.69 Å². The maximum atomic E-state index is 13.2. The molecule has 0 saturated carbocycles. The van der Waals surface area contributed by atoms with E-state index in [1.54, 1.807) is 6.07 Å². The molecule has 3 nitrogen and oxygen atoms in total. The zero-order valence-electron chi connectivity index (χ0n) is 9.74. The minimum atomic E-state index is -0.329. The molecule has 16 heavy (non-hydrogen) atoms. The Balaban J connectivity index is 2.66. The largest absolute Gasteiger partial charge is 0.392 e. The van der Waals surface area contributed by atoms with Crippen LogP contribution >= 0.6 is 0 Å². The molecule has 1 N–H and O–H groups in total. The van der Waals surface area contributed by atoms with Crippen molar-refractivity contribution in [3.05, 3.63) is 29.6 Å². The van der Waals surface area contributed by atoms with Crippen LogP contribution in [-0.2, 0) is 11.3 Å². The second-order valence-corrected chi connectivity index (χ2v) is 3.59. The zero-order chi connectivity index (χ0) is 12.0. The molecular formula is C12H18FNO2. The number of anilines is 1. The van der Waals surface area contributed by atoms with Crippen LogP contribution < -0.4 is 4.90 Å². The average Bonchev–Trinajstić information content (AvgIpc) is 2.28. The number of hydrogen-bond acceptors (Lipinski definition) is 3. The number of halogens is 1. The third kappa shape index (κ3) is 3.79. The highest BCUT2D eigenvalue weighted by molar-refractivity contribution is 5.48. The Hall–Kier alpha value is -1.13. The van der Waals surface area contributed by atoms with Crippen LogP contribution in [-0.4, -0.2) is 31.9 Å². The molecule has 0 aromatic heterocycles. The Labute approximate surface area is 95.5 Å². The van der Waals surface area contributed by atoms with Crippen molar-refractivity contribution >= 4 is 5.69 Å². The summed E-state index contributed by atoms with van der Waals surface area (Å²) < 4.78 is 18.4. The van der Waals surface area contributed by atoms with E-state index in [2.05, 4.69) is 0 Å². The summed E-state index contributed by atoms with van der Waals surface area (Å²) in [5, 5.41) is 8.97. The van der Waals surface area contributed by atoms with Gasteiger partial charge in [-0.05, 0) is 30.7 Å². The molecule has 0 heterocycles. The van der Waals surface area contributed by atoms with Gasteiger partial charge in [0.2, 0.25) is 0 Å². The molecule has 4 heteroatoms. The highest BCUT2D eigenvalue weighted by atomic mass is 19.1. The molecule has 0 aliphatic carbocycles. The number of rotatable bonds is 6. The molecule has 1 aromatic carbocycles. The van der Waals surface area contributed by atoms with E-state index >= 15 is 0 Å². The fourth-order valence-electron chi connectivity index (χ4n) is 1.42. The van der Waals surface area contributed by atoms with Crippen molar-refractivity contribution in [2.24, 2.45) is 0 Å². The highest BCUT2D eigenvalue weighted by Crippen LogP contribution is 2.17. The molecule has 0 bridgehead atoms. The SMILES string of the molecule is CCOCCN(C)c1cc(F)cc(CO)c1. The molecule has 0 aliphatic heterocycles. The van der Waals surface area contributed by atoms with Gasteiger partial charge in [-0.25, -0.2) is 4.39 Å². The number of aliphatic hydroxyl groups excluding tert-OH is 1. The average molecular weight is 227 g/mol. The maximum absolute atomic E-state index is 13.2. The van der Waals surface area contributed by atoms with Crippen LogP contribution in [0.2, 0.25) is 0 Å².